The van der Waals surface area contributed by atoms with E-state index in [0.717, 1.165) is 12.0 Å². The van der Waals surface area contributed by atoms with E-state index in [1.165, 1.54) is 32.1 Å². The van der Waals surface area contributed by atoms with Crippen LogP contribution in [0.3, 0.4) is 0 Å². The maximum absolute atomic E-state index is 6.47. The van der Waals surface area contributed by atoms with Crippen LogP contribution in [0.2, 0.25) is 6.04 Å². The highest BCUT2D eigenvalue weighted by molar-refractivity contribution is 7.59. The van der Waals surface area contributed by atoms with Gasteiger partial charge in [0.15, 0.2) is 0 Å². The molecule has 2 aliphatic rings. The van der Waals surface area contributed by atoms with Crippen LogP contribution in [-0.2, 0) is 13.3 Å². The van der Waals surface area contributed by atoms with Gasteiger partial charge in [-0.25, -0.2) is 0 Å². The zero-order valence-corrected chi connectivity index (χ0v) is 15.5. The van der Waals surface area contributed by atoms with Crippen LogP contribution in [0.1, 0.15) is 59.8 Å². The zero-order valence-electron chi connectivity index (χ0n) is 13.5. The first-order valence-corrected chi connectivity index (χ1v) is 9.98. The molecule has 1 unspecified atom stereocenters. The first-order valence-electron chi connectivity index (χ1n) is 8.05. The van der Waals surface area contributed by atoms with Gasteiger partial charge in [0, 0.05) is 19.3 Å². The highest BCUT2D eigenvalue weighted by Crippen LogP contribution is 2.57. The van der Waals surface area contributed by atoms with Gasteiger partial charge in [0.1, 0.15) is 0 Å². The van der Waals surface area contributed by atoms with E-state index in [2.05, 4.69) is 13.8 Å². The Balaban J connectivity index is 0.00000200. The first kappa shape index (κ1) is 18.5. The molecule has 0 saturated heterocycles. The molecule has 20 heavy (non-hydrogen) atoms. The van der Waals surface area contributed by atoms with Crippen LogP contribution >= 0.6 is 13.5 Å². The summed E-state index contributed by atoms with van der Waals surface area (Å²) in [6, 6.07) is 0.874. The van der Waals surface area contributed by atoms with Crippen molar-refractivity contribution < 1.29 is 13.3 Å². The minimum absolute atomic E-state index is 0. The van der Waals surface area contributed by atoms with Gasteiger partial charge >= 0.3 is 8.80 Å². The number of hydrogen-bond donors (Lipinski definition) is 0. The van der Waals surface area contributed by atoms with Gasteiger partial charge in [0.2, 0.25) is 0 Å². The Bertz CT molecular complexity index is 287. The van der Waals surface area contributed by atoms with Crippen molar-refractivity contribution in [1.29, 1.82) is 0 Å². The Morgan fingerprint density at radius 3 is 2.00 bits per heavy atom. The molecule has 2 bridgehead atoms. The number of hydrogen-bond acceptors (Lipinski definition) is 3. The second kappa shape index (κ2) is 7.63. The predicted molar refractivity (Wildman–Crippen MR) is 89.4 cm³/mol. The Labute approximate surface area is 132 Å². The van der Waals surface area contributed by atoms with Crippen molar-refractivity contribution in [2.75, 3.05) is 13.2 Å². The van der Waals surface area contributed by atoms with Crippen LogP contribution in [-0.4, -0.2) is 28.1 Å². The lowest BCUT2D eigenvalue weighted by Crippen LogP contribution is -2.50. The molecule has 0 spiro atoms. The van der Waals surface area contributed by atoms with Crippen LogP contribution in [0.4, 0.5) is 0 Å². The molecule has 0 aliphatic heterocycles. The van der Waals surface area contributed by atoms with E-state index >= 15 is 0 Å². The zero-order chi connectivity index (χ0) is 13.9. The average molecular weight is 321 g/mol. The molecular formula is C15H32O3SSi. The van der Waals surface area contributed by atoms with Crippen LogP contribution in [0.5, 0.6) is 0 Å². The van der Waals surface area contributed by atoms with E-state index in [1.807, 2.05) is 13.8 Å². The molecule has 5 heteroatoms. The quantitative estimate of drug-likeness (QED) is 0.630. The summed E-state index contributed by atoms with van der Waals surface area (Å²) in [6.07, 6.45) is 7.12. The molecule has 0 aromatic heterocycles. The predicted octanol–water partition coefficient (Wildman–Crippen LogP) is 4.12. The highest BCUT2D eigenvalue weighted by atomic mass is 32.1. The van der Waals surface area contributed by atoms with Gasteiger partial charge in [-0.1, -0.05) is 6.92 Å². The van der Waals surface area contributed by atoms with Gasteiger partial charge < -0.3 is 13.3 Å². The lowest BCUT2D eigenvalue weighted by molar-refractivity contribution is -0.0168. The molecule has 0 N–H and O–H groups in total. The van der Waals surface area contributed by atoms with Crippen molar-refractivity contribution in [3.05, 3.63) is 0 Å². The van der Waals surface area contributed by atoms with E-state index in [-0.39, 0.29) is 19.6 Å². The van der Waals surface area contributed by atoms with Crippen LogP contribution < -0.4 is 0 Å². The maximum atomic E-state index is 6.47. The van der Waals surface area contributed by atoms with Crippen LogP contribution in [0.25, 0.3) is 0 Å². The van der Waals surface area contributed by atoms with Crippen molar-refractivity contribution in [1.82, 2.24) is 0 Å². The monoisotopic (exact) mass is 320 g/mol. The summed E-state index contributed by atoms with van der Waals surface area (Å²) in [7, 11) is -2.44. The fraction of sp³-hybridized carbons (Fsp3) is 1.00. The number of rotatable bonds is 8. The molecule has 0 heterocycles. The Hall–Kier alpha value is 0.447. The van der Waals surface area contributed by atoms with Gasteiger partial charge in [0.05, 0.1) is 6.10 Å². The number of fused-ring (bicyclic) bond motifs is 2. The summed E-state index contributed by atoms with van der Waals surface area (Å²) < 4.78 is 18.4. The van der Waals surface area contributed by atoms with E-state index in [0.29, 0.717) is 18.6 Å². The van der Waals surface area contributed by atoms with Crippen molar-refractivity contribution in [2.45, 2.75) is 71.9 Å². The maximum Gasteiger partial charge on any atom is 0.500 e. The average Bonchev–Trinajstić information content (AvgIpc) is 3.01. The summed E-state index contributed by atoms with van der Waals surface area (Å²) in [5.74, 6) is 0.961. The van der Waals surface area contributed by atoms with Crippen LogP contribution in [0.15, 0.2) is 0 Å². The smallest absolute Gasteiger partial charge is 0.374 e. The van der Waals surface area contributed by atoms with Crippen molar-refractivity contribution in [2.24, 2.45) is 11.3 Å². The highest BCUT2D eigenvalue weighted by Gasteiger charge is 2.52. The molecule has 2 saturated carbocycles. The minimum Gasteiger partial charge on any atom is -0.374 e. The molecule has 120 valence electrons. The molecule has 2 fully saturated rings. The van der Waals surface area contributed by atoms with Gasteiger partial charge in [-0.3, -0.25) is 0 Å². The van der Waals surface area contributed by atoms with Crippen molar-refractivity contribution in [3.8, 4) is 0 Å². The lowest BCUT2D eigenvalue weighted by Gasteiger charge is -2.39. The van der Waals surface area contributed by atoms with E-state index in [1.54, 1.807) is 0 Å². The molecule has 3 nitrogen and oxygen atoms in total. The van der Waals surface area contributed by atoms with E-state index < -0.39 is 8.80 Å². The second-order valence-corrected chi connectivity index (χ2v) is 9.06. The van der Waals surface area contributed by atoms with Crippen molar-refractivity contribution >= 4 is 22.3 Å². The fourth-order valence-corrected chi connectivity index (χ4v) is 6.50. The van der Waals surface area contributed by atoms with E-state index in [9.17, 15) is 0 Å². The summed E-state index contributed by atoms with van der Waals surface area (Å²) in [5, 5.41) is 0. The summed E-state index contributed by atoms with van der Waals surface area (Å²) in [5.41, 5.74) is 0.423. The molecule has 0 radical (unpaired) electrons. The summed E-state index contributed by atoms with van der Waals surface area (Å²) >= 11 is 0. The fourth-order valence-electron chi connectivity index (χ4n) is 4.04. The lowest BCUT2D eigenvalue weighted by atomic mass is 9.80. The van der Waals surface area contributed by atoms with Crippen LogP contribution in [0, 0.1) is 11.3 Å². The Morgan fingerprint density at radius 2 is 1.65 bits per heavy atom. The molecular weight excluding hydrogens is 288 g/mol. The first-order chi connectivity index (χ1) is 9.10. The molecule has 0 aromatic rings. The third-order valence-electron chi connectivity index (χ3n) is 5.18. The molecule has 2 aliphatic carbocycles. The largest absolute Gasteiger partial charge is 0.500 e. The summed E-state index contributed by atoms with van der Waals surface area (Å²) in [4.78, 5) is 0. The third-order valence-corrected chi connectivity index (χ3v) is 8.21. The van der Waals surface area contributed by atoms with Gasteiger partial charge in [-0.2, -0.15) is 13.5 Å². The van der Waals surface area contributed by atoms with Crippen molar-refractivity contribution in [3.63, 3.8) is 0 Å². The van der Waals surface area contributed by atoms with E-state index in [4.69, 9.17) is 13.3 Å². The normalized spacial score (nSPS) is 30.3. The molecule has 1 atom stereocenters. The Kier molecular flexibility index (Phi) is 7.06. The molecule has 2 rings (SSSR count). The minimum atomic E-state index is -2.44. The molecule has 0 aromatic carbocycles. The standard InChI is InChI=1S/C15H30O3Si.H2S/c1-5-16-19(7-3,17-6-2)18-13(4)15-10-8-14(12-15)9-11-15;/h13-14H,5-12H2,1-4H3;1H2. The van der Waals surface area contributed by atoms with Gasteiger partial charge in [-0.15, -0.1) is 0 Å². The second-order valence-electron chi connectivity index (χ2n) is 6.17. The summed E-state index contributed by atoms with van der Waals surface area (Å²) in [6.45, 7) is 9.82. The van der Waals surface area contributed by atoms with Gasteiger partial charge in [0.25, 0.3) is 0 Å². The molecule has 0 amide bonds. The SMILES string of the molecule is CCO[Si](CC)(OCC)OC(C)C12CCC(CC1)C2.S. The third kappa shape index (κ3) is 3.61. The van der Waals surface area contributed by atoms with Gasteiger partial charge in [-0.05, 0) is 64.2 Å². The topological polar surface area (TPSA) is 27.7 Å². The Morgan fingerprint density at radius 1 is 1.10 bits per heavy atom.